The zero-order valence-corrected chi connectivity index (χ0v) is 16.0. The molecule has 0 aliphatic heterocycles. The predicted octanol–water partition coefficient (Wildman–Crippen LogP) is 5.61. The summed E-state index contributed by atoms with van der Waals surface area (Å²) < 4.78 is 0. The average molecular weight is 378 g/mol. The molecule has 27 heavy (non-hydrogen) atoms. The van der Waals surface area contributed by atoms with Gasteiger partial charge in [-0.15, -0.1) is 0 Å². The Kier molecular flexibility index (Phi) is 7.06. The third kappa shape index (κ3) is 5.97. The van der Waals surface area contributed by atoms with E-state index < -0.39 is 0 Å². The van der Waals surface area contributed by atoms with Gasteiger partial charge in [-0.1, -0.05) is 84.4 Å². The van der Waals surface area contributed by atoms with Crippen LogP contribution in [0.15, 0.2) is 84.9 Å². The fourth-order valence-electron chi connectivity index (χ4n) is 3.28. The topological polar surface area (TPSA) is 29.1 Å². The van der Waals surface area contributed by atoms with E-state index in [1.807, 2.05) is 36.4 Å². The van der Waals surface area contributed by atoms with Crippen LogP contribution >= 0.6 is 11.6 Å². The van der Waals surface area contributed by atoms with Gasteiger partial charge in [0, 0.05) is 17.5 Å². The van der Waals surface area contributed by atoms with Crippen LogP contribution in [0, 0.1) is 0 Å². The van der Waals surface area contributed by atoms with E-state index in [0.29, 0.717) is 23.9 Å². The molecule has 0 atom stereocenters. The van der Waals surface area contributed by atoms with Crippen LogP contribution in [0.25, 0.3) is 0 Å². The highest BCUT2D eigenvalue weighted by molar-refractivity contribution is 6.30. The summed E-state index contributed by atoms with van der Waals surface area (Å²) >= 11 is 5.88. The van der Waals surface area contributed by atoms with Crippen LogP contribution in [-0.4, -0.2) is 12.5 Å². The summed E-state index contributed by atoms with van der Waals surface area (Å²) in [6, 6.07) is 28.5. The Morgan fingerprint density at radius 1 is 0.815 bits per heavy atom. The van der Waals surface area contributed by atoms with Crippen LogP contribution in [0.4, 0.5) is 0 Å². The van der Waals surface area contributed by atoms with Crippen LogP contribution in [0.2, 0.25) is 5.02 Å². The second-order valence-corrected chi connectivity index (χ2v) is 7.11. The van der Waals surface area contributed by atoms with Gasteiger partial charge >= 0.3 is 0 Å². The third-order valence-electron chi connectivity index (χ3n) is 4.67. The first-order valence-corrected chi connectivity index (χ1v) is 9.71. The minimum absolute atomic E-state index is 0.0493. The molecule has 0 unspecified atom stereocenters. The first-order chi connectivity index (χ1) is 13.2. The molecule has 2 nitrogen and oxygen atoms in total. The predicted molar refractivity (Wildman–Crippen MR) is 112 cm³/mol. The Labute approximate surface area is 166 Å². The normalized spacial score (nSPS) is 10.7. The van der Waals surface area contributed by atoms with Crippen molar-refractivity contribution in [2.24, 2.45) is 0 Å². The molecule has 1 amide bonds. The van der Waals surface area contributed by atoms with Crippen molar-refractivity contribution in [3.05, 3.63) is 107 Å². The number of benzene rings is 3. The fraction of sp³-hybridized carbons (Fsp3) is 0.208. The maximum absolute atomic E-state index is 12.1. The molecule has 0 fully saturated rings. The largest absolute Gasteiger partial charge is 0.356 e. The van der Waals surface area contributed by atoms with E-state index in [1.165, 1.54) is 11.1 Å². The van der Waals surface area contributed by atoms with E-state index in [9.17, 15) is 4.79 Å². The smallest absolute Gasteiger partial charge is 0.224 e. The van der Waals surface area contributed by atoms with Crippen molar-refractivity contribution in [1.29, 1.82) is 0 Å². The van der Waals surface area contributed by atoms with Gasteiger partial charge in [0.05, 0.1) is 6.42 Å². The standard InChI is InChI=1S/C24H24ClNO/c25-22-15-13-19(14-16-22)18-24(27)26-17-7-12-23(20-8-3-1-4-9-20)21-10-5-2-6-11-21/h1-6,8-11,13-16,23H,7,12,17-18H2,(H,26,27). The molecule has 0 saturated carbocycles. The van der Waals surface area contributed by atoms with Gasteiger partial charge in [-0.05, 0) is 41.7 Å². The number of amides is 1. The molecule has 0 aliphatic carbocycles. The second kappa shape index (κ2) is 9.94. The molecule has 0 radical (unpaired) electrons. The van der Waals surface area contributed by atoms with Gasteiger partial charge < -0.3 is 5.32 Å². The molecule has 1 N–H and O–H groups in total. The van der Waals surface area contributed by atoms with Gasteiger partial charge in [0.25, 0.3) is 0 Å². The van der Waals surface area contributed by atoms with Crippen LogP contribution in [0.5, 0.6) is 0 Å². The fourth-order valence-corrected chi connectivity index (χ4v) is 3.41. The molecule has 3 heteroatoms. The van der Waals surface area contributed by atoms with E-state index in [4.69, 9.17) is 11.6 Å². The molecular formula is C24H24ClNO. The Morgan fingerprint density at radius 3 is 1.93 bits per heavy atom. The van der Waals surface area contributed by atoms with E-state index >= 15 is 0 Å². The number of rotatable bonds is 8. The van der Waals surface area contributed by atoms with Crippen LogP contribution in [0.3, 0.4) is 0 Å². The van der Waals surface area contributed by atoms with Gasteiger partial charge in [0.1, 0.15) is 0 Å². The number of hydrogen-bond acceptors (Lipinski definition) is 1. The van der Waals surface area contributed by atoms with Gasteiger partial charge in [-0.25, -0.2) is 0 Å². The highest BCUT2D eigenvalue weighted by Gasteiger charge is 2.13. The number of hydrogen-bond donors (Lipinski definition) is 1. The molecule has 0 saturated heterocycles. The number of nitrogens with one attached hydrogen (secondary N) is 1. The summed E-state index contributed by atoms with van der Waals surface area (Å²) in [4.78, 5) is 12.1. The van der Waals surface area contributed by atoms with Crippen LogP contribution in [0.1, 0.15) is 35.4 Å². The van der Waals surface area contributed by atoms with Crippen molar-refractivity contribution >= 4 is 17.5 Å². The number of carbonyl (C=O) groups excluding carboxylic acids is 1. The Morgan fingerprint density at radius 2 is 1.37 bits per heavy atom. The minimum Gasteiger partial charge on any atom is -0.356 e. The van der Waals surface area contributed by atoms with Crippen LogP contribution < -0.4 is 5.32 Å². The van der Waals surface area contributed by atoms with Gasteiger partial charge in [0.2, 0.25) is 5.91 Å². The molecule has 0 bridgehead atoms. The zero-order valence-electron chi connectivity index (χ0n) is 15.3. The Bertz CT molecular complexity index is 792. The summed E-state index contributed by atoms with van der Waals surface area (Å²) in [7, 11) is 0. The number of carbonyl (C=O) groups is 1. The van der Waals surface area contributed by atoms with E-state index in [0.717, 1.165) is 18.4 Å². The molecule has 3 aromatic rings. The summed E-state index contributed by atoms with van der Waals surface area (Å²) in [5.41, 5.74) is 3.61. The monoisotopic (exact) mass is 377 g/mol. The summed E-state index contributed by atoms with van der Waals surface area (Å²) in [6.07, 6.45) is 2.31. The first-order valence-electron chi connectivity index (χ1n) is 9.33. The molecule has 3 rings (SSSR count). The van der Waals surface area contributed by atoms with Crippen molar-refractivity contribution in [1.82, 2.24) is 5.32 Å². The first kappa shape index (κ1) is 19.2. The quantitative estimate of drug-likeness (QED) is 0.508. The highest BCUT2D eigenvalue weighted by Crippen LogP contribution is 2.28. The van der Waals surface area contributed by atoms with Gasteiger partial charge in [-0.3, -0.25) is 4.79 Å². The van der Waals surface area contributed by atoms with Crippen molar-refractivity contribution in [2.45, 2.75) is 25.2 Å². The van der Waals surface area contributed by atoms with Crippen molar-refractivity contribution in [3.63, 3.8) is 0 Å². The summed E-state index contributed by atoms with van der Waals surface area (Å²) in [6.45, 7) is 0.683. The number of halogens is 1. The second-order valence-electron chi connectivity index (χ2n) is 6.67. The van der Waals surface area contributed by atoms with Crippen LogP contribution in [-0.2, 0) is 11.2 Å². The van der Waals surface area contributed by atoms with E-state index in [2.05, 4.69) is 53.8 Å². The lowest BCUT2D eigenvalue weighted by molar-refractivity contribution is -0.120. The molecule has 0 heterocycles. The maximum Gasteiger partial charge on any atom is 0.224 e. The minimum atomic E-state index is 0.0493. The molecule has 0 aliphatic rings. The summed E-state index contributed by atoms with van der Waals surface area (Å²) in [5, 5.41) is 3.72. The SMILES string of the molecule is O=C(Cc1ccc(Cl)cc1)NCCCC(c1ccccc1)c1ccccc1. The molecule has 138 valence electrons. The average Bonchev–Trinajstić information content (AvgIpc) is 2.71. The van der Waals surface area contributed by atoms with Crippen molar-refractivity contribution in [3.8, 4) is 0 Å². The maximum atomic E-state index is 12.1. The molecule has 3 aromatic carbocycles. The van der Waals surface area contributed by atoms with Crippen molar-refractivity contribution in [2.75, 3.05) is 6.54 Å². The van der Waals surface area contributed by atoms with Gasteiger partial charge in [0.15, 0.2) is 0 Å². The molecule has 0 aromatic heterocycles. The molecule has 0 spiro atoms. The Balaban J connectivity index is 1.52. The van der Waals surface area contributed by atoms with E-state index in [1.54, 1.807) is 0 Å². The van der Waals surface area contributed by atoms with Gasteiger partial charge in [-0.2, -0.15) is 0 Å². The van der Waals surface area contributed by atoms with E-state index in [-0.39, 0.29) is 5.91 Å². The Hall–Kier alpha value is -2.58. The third-order valence-corrected chi connectivity index (χ3v) is 4.93. The lowest BCUT2D eigenvalue weighted by atomic mass is 9.87. The molecular weight excluding hydrogens is 354 g/mol. The highest BCUT2D eigenvalue weighted by atomic mass is 35.5. The van der Waals surface area contributed by atoms with Crippen molar-refractivity contribution < 1.29 is 4.79 Å². The zero-order chi connectivity index (χ0) is 18.9. The lowest BCUT2D eigenvalue weighted by Crippen LogP contribution is -2.26. The lowest BCUT2D eigenvalue weighted by Gasteiger charge is -2.18. The summed E-state index contributed by atoms with van der Waals surface area (Å²) in [5.74, 6) is 0.397.